The molecule has 5 heteroatoms. The Bertz CT molecular complexity index is 220. The van der Waals surface area contributed by atoms with Gasteiger partial charge in [0.15, 0.2) is 0 Å². The van der Waals surface area contributed by atoms with Crippen LogP contribution in [0.3, 0.4) is 0 Å². The highest BCUT2D eigenvalue weighted by molar-refractivity contribution is 4.84. The van der Waals surface area contributed by atoms with Gasteiger partial charge in [0.2, 0.25) is 0 Å². The second-order valence-electron chi connectivity index (χ2n) is 5.51. The molecule has 1 fully saturated rings. The third kappa shape index (κ3) is 5.16. The van der Waals surface area contributed by atoms with Crippen molar-refractivity contribution in [3.8, 4) is 0 Å². The second kappa shape index (κ2) is 4.92. The zero-order chi connectivity index (χ0) is 12.4. The Kier molecular flexibility index (Phi) is 4.23. The molecule has 0 saturated carbocycles. The smallest absolute Gasteiger partial charge is 0.311 e. The van der Waals surface area contributed by atoms with Crippen molar-refractivity contribution in [1.82, 2.24) is 10.2 Å². The fourth-order valence-electron chi connectivity index (χ4n) is 1.99. The van der Waals surface area contributed by atoms with Crippen LogP contribution in [-0.4, -0.2) is 42.3 Å². The van der Waals surface area contributed by atoms with Gasteiger partial charge in [-0.2, -0.15) is 13.2 Å². The van der Waals surface area contributed by atoms with Gasteiger partial charge in [-0.3, -0.25) is 4.90 Å². The van der Waals surface area contributed by atoms with Crippen LogP contribution >= 0.6 is 0 Å². The standard InChI is InChI=1S/C11H21F3N2/c1-10(2,3)15-7-9-5-4-6-16(9)8-11(12,13)14/h9,15H,4-8H2,1-3H3. The van der Waals surface area contributed by atoms with Gasteiger partial charge in [0.25, 0.3) is 0 Å². The van der Waals surface area contributed by atoms with Crippen LogP contribution in [0.25, 0.3) is 0 Å². The quantitative estimate of drug-likeness (QED) is 0.812. The van der Waals surface area contributed by atoms with Crippen LogP contribution in [0.2, 0.25) is 0 Å². The molecule has 16 heavy (non-hydrogen) atoms. The zero-order valence-corrected chi connectivity index (χ0v) is 10.2. The van der Waals surface area contributed by atoms with E-state index in [1.165, 1.54) is 0 Å². The molecule has 0 aromatic carbocycles. The molecular formula is C11H21F3N2. The number of alkyl halides is 3. The maximum Gasteiger partial charge on any atom is 0.401 e. The van der Waals surface area contributed by atoms with Gasteiger partial charge >= 0.3 is 6.18 Å². The fourth-order valence-corrected chi connectivity index (χ4v) is 1.99. The number of halogens is 3. The maximum atomic E-state index is 12.3. The van der Waals surface area contributed by atoms with E-state index in [4.69, 9.17) is 0 Å². The molecule has 1 heterocycles. The maximum absolute atomic E-state index is 12.3. The SMILES string of the molecule is CC(C)(C)NCC1CCCN1CC(F)(F)F. The largest absolute Gasteiger partial charge is 0.401 e. The Hall–Kier alpha value is -0.290. The fraction of sp³-hybridized carbons (Fsp3) is 1.00. The van der Waals surface area contributed by atoms with Crippen molar-refractivity contribution in [2.75, 3.05) is 19.6 Å². The lowest BCUT2D eigenvalue weighted by Crippen LogP contribution is -2.47. The van der Waals surface area contributed by atoms with E-state index in [1.54, 1.807) is 4.90 Å². The number of hydrogen-bond acceptors (Lipinski definition) is 2. The van der Waals surface area contributed by atoms with Crippen LogP contribution in [0.4, 0.5) is 13.2 Å². The minimum absolute atomic E-state index is 0.0286. The summed E-state index contributed by atoms with van der Waals surface area (Å²) in [7, 11) is 0. The summed E-state index contributed by atoms with van der Waals surface area (Å²) in [6.07, 6.45) is -2.35. The second-order valence-corrected chi connectivity index (χ2v) is 5.51. The first kappa shape index (κ1) is 13.8. The average molecular weight is 238 g/mol. The predicted molar refractivity (Wildman–Crippen MR) is 58.4 cm³/mol. The van der Waals surface area contributed by atoms with Crippen molar-refractivity contribution in [1.29, 1.82) is 0 Å². The molecule has 2 nitrogen and oxygen atoms in total. The Morgan fingerprint density at radius 2 is 1.88 bits per heavy atom. The number of nitrogens with zero attached hydrogens (tertiary/aromatic N) is 1. The van der Waals surface area contributed by atoms with Crippen LogP contribution in [0, 0.1) is 0 Å². The summed E-state index contributed by atoms with van der Waals surface area (Å²) in [4.78, 5) is 1.54. The first-order valence-corrected chi connectivity index (χ1v) is 5.73. The van der Waals surface area contributed by atoms with Gasteiger partial charge in [0.1, 0.15) is 0 Å². The van der Waals surface area contributed by atoms with Gasteiger partial charge in [0, 0.05) is 18.1 Å². The topological polar surface area (TPSA) is 15.3 Å². The molecule has 0 aliphatic carbocycles. The lowest BCUT2D eigenvalue weighted by molar-refractivity contribution is -0.147. The van der Waals surface area contributed by atoms with Crippen LogP contribution < -0.4 is 5.32 Å². The summed E-state index contributed by atoms with van der Waals surface area (Å²) in [6, 6.07) is 0.0286. The number of rotatable bonds is 3. The Morgan fingerprint density at radius 3 is 2.38 bits per heavy atom. The van der Waals surface area contributed by atoms with Gasteiger partial charge in [-0.1, -0.05) is 0 Å². The molecule has 0 amide bonds. The Balaban J connectivity index is 2.41. The highest BCUT2D eigenvalue weighted by Crippen LogP contribution is 2.23. The van der Waals surface area contributed by atoms with Gasteiger partial charge in [0.05, 0.1) is 6.54 Å². The van der Waals surface area contributed by atoms with E-state index in [2.05, 4.69) is 5.32 Å². The van der Waals surface area contributed by atoms with E-state index in [0.29, 0.717) is 13.1 Å². The van der Waals surface area contributed by atoms with Crippen molar-refractivity contribution in [2.24, 2.45) is 0 Å². The summed E-state index contributed by atoms with van der Waals surface area (Å²) in [6.45, 7) is 6.50. The molecule has 1 N–H and O–H groups in total. The van der Waals surface area contributed by atoms with E-state index in [9.17, 15) is 13.2 Å². The molecule has 96 valence electrons. The van der Waals surface area contributed by atoms with E-state index in [1.807, 2.05) is 20.8 Å². The lowest BCUT2D eigenvalue weighted by Gasteiger charge is -2.29. The lowest BCUT2D eigenvalue weighted by atomic mass is 10.1. The molecule has 0 aromatic heterocycles. The highest BCUT2D eigenvalue weighted by Gasteiger charge is 2.36. The first-order chi connectivity index (χ1) is 7.17. The van der Waals surface area contributed by atoms with E-state index in [-0.39, 0.29) is 11.6 Å². The molecule has 1 aliphatic rings. The van der Waals surface area contributed by atoms with Crippen LogP contribution in [-0.2, 0) is 0 Å². The molecule has 1 aliphatic heterocycles. The van der Waals surface area contributed by atoms with E-state index >= 15 is 0 Å². The van der Waals surface area contributed by atoms with Gasteiger partial charge in [-0.25, -0.2) is 0 Å². The predicted octanol–water partition coefficient (Wildman–Crippen LogP) is 2.40. The molecular weight excluding hydrogens is 217 g/mol. The van der Waals surface area contributed by atoms with Crippen molar-refractivity contribution < 1.29 is 13.2 Å². The molecule has 0 spiro atoms. The number of nitrogens with one attached hydrogen (secondary N) is 1. The summed E-state index contributed by atoms with van der Waals surface area (Å²) < 4.78 is 36.9. The molecule has 1 rings (SSSR count). The molecule has 1 saturated heterocycles. The summed E-state index contributed by atoms with van der Waals surface area (Å²) >= 11 is 0. The van der Waals surface area contributed by atoms with Crippen LogP contribution in [0.5, 0.6) is 0 Å². The molecule has 0 aromatic rings. The third-order valence-electron chi connectivity index (χ3n) is 2.75. The van der Waals surface area contributed by atoms with Crippen molar-refractivity contribution in [2.45, 2.75) is 51.4 Å². The van der Waals surface area contributed by atoms with Crippen molar-refractivity contribution >= 4 is 0 Å². The molecule has 1 atom stereocenters. The molecule has 0 radical (unpaired) electrons. The van der Waals surface area contributed by atoms with E-state index < -0.39 is 12.7 Å². The molecule has 0 bridgehead atoms. The highest BCUT2D eigenvalue weighted by atomic mass is 19.4. The normalized spacial score (nSPS) is 24.0. The minimum Gasteiger partial charge on any atom is -0.311 e. The Morgan fingerprint density at radius 1 is 1.25 bits per heavy atom. The number of likely N-dealkylation sites (tertiary alicyclic amines) is 1. The monoisotopic (exact) mass is 238 g/mol. The summed E-state index contributed by atoms with van der Waals surface area (Å²) in [5.74, 6) is 0. The van der Waals surface area contributed by atoms with Crippen LogP contribution in [0.15, 0.2) is 0 Å². The average Bonchev–Trinajstić information content (AvgIpc) is 2.44. The Labute approximate surface area is 95.2 Å². The first-order valence-electron chi connectivity index (χ1n) is 5.73. The van der Waals surface area contributed by atoms with Gasteiger partial charge in [-0.05, 0) is 40.2 Å². The van der Waals surface area contributed by atoms with Crippen molar-refractivity contribution in [3.63, 3.8) is 0 Å². The van der Waals surface area contributed by atoms with Crippen LogP contribution in [0.1, 0.15) is 33.6 Å². The van der Waals surface area contributed by atoms with Gasteiger partial charge < -0.3 is 5.32 Å². The number of hydrogen-bond donors (Lipinski definition) is 1. The minimum atomic E-state index is -4.08. The third-order valence-corrected chi connectivity index (χ3v) is 2.75. The summed E-state index contributed by atoms with van der Waals surface area (Å²) in [5.41, 5.74) is -0.0352. The van der Waals surface area contributed by atoms with E-state index in [0.717, 1.165) is 12.8 Å². The van der Waals surface area contributed by atoms with Gasteiger partial charge in [-0.15, -0.1) is 0 Å². The summed E-state index contributed by atoms with van der Waals surface area (Å²) in [5, 5.41) is 3.27. The van der Waals surface area contributed by atoms with Crippen molar-refractivity contribution in [3.05, 3.63) is 0 Å². The molecule has 1 unspecified atom stereocenters. The zero-order valence-electron chi connectivity index (χ0n) is 10.2.